The molecule has 9 heteroatoms. The summed E-state index contributed by atoms with van der Waals surface area (Å²) in [5.41, 5.74) is 8.29. The van der Waals surface area contributed by atoms with Gasteiger partial charge in [-0.1, -0.05) is 62.4 Å². The predicted molar refractivity (Wildman–Crippen MR) is 175 cm³/mol. The number of hydrogen-bond donors (Lipinski definition) is 2. The topological polar surface area (TPSA) is 66.5 Å². The van der Waals surface area contributed by atoms with Gasteiger partial charge in [-0.3, -0.25) is 4.99 Å². The Morgan fingerprint density at radius 1 is 0.977 bits per heavy atom. The third kappa shape index (κ3) is 6.53. The van der Waals surface area contributed by atoms with E-state index in [1.165, 1.54) is 6.07 Å². The summed E-state index contributed by atoms with van der Waals surface area (Å²) in [6.45, 7) is 6.60. The SMILES string of the molecule is CN=C1N=C(N)[C@@](C)(c2ccccc2)CCCC(C)(C)CSCCc2c(c(F)c(F)c3[nH]ccc23)Sc2ccc(F)c1c2. The number of benzene rings is 3. The molecule has 0 fully saturated rings. The zero-order valence-electron chi connectivity index (χ0n) is 24.9. The van der Waals surface area contributed by atoms with Crippen LogP contribution in [0.4, 0.5) is 13.2 Å². The molecule has 0 saturated carbocycles. The summed E-state index contributed by atoms with van der Waals surface area (Å²) in [5.74, 6) is -0.184. The Morgan fingerprint density at radius 2 is 1.74 bits per heavy atom. The van der Waals surface area contributed by atoms with E-state index in [0.717, 1.165) is 53.7 Å². The molecule has 43 heavy (non-hydrogen) atoms. The number of thioether (sulfide) groups is 1. The summed E-state index contributed by atoms with van der Waals surface area (Å²) in [5, 5.41) is 0.659. The first-order chi connectivity index (χ1) is 20.5. The number of aliphatic imine (C=N–C) groups is 2. The summed E-state index contributed by atoms with van der Waals surface area (Å²) >= 11 is 2.91. The molecule has 226 valence electrons. The van der Waals surface area contributed by atoms with Crippen LogP contribution in [0.15, 0.2) is 80.6 Å². The lowest BCUT2D eigenvalue weighted by molar-refractivity contribution is 0.354. The fourth-order valence-corrected chi connectivity index (χ4v) is 7.94. The minimum atomic E-state index is -0.919. The highest BCUT2D eigenvalue weighted by Crippen LogP contribution is 2.41. The Bertz CT molecular complexity index is 1680. The Morgan fingerprint density at radius 3 is 2.49 bits per heavy atom. The van der Waals surface area contributed by atoms with Crippen molar-refractivity contribution in [1.82, 2.24) is 4.98 Å². The van der Waals surface area contributed by atoms with Crippen molar-refractivity contribution in [1.29, 1.82) is 0 Å². The van der Waals surface area contributed by atoms with Crippen molar-refractivity contribution in [3.05, 3.63) is 94.9 Å². The maximum absolute atomic E-state index is 15.6. The predicted octanol–water partition coefficient (Wildman–Crippen LogP) is 8.91. The quantitative estimate of drug-likeness (QED) is 0.223. The molecule has 1 aromatic heterocycles. The molecule has 4 nitrogen and oxygen atoms in total. The molecule has 0 aliphatic carbocycles. The number of H-pyrrole nitrogens is 1. The number of fused-ring (bicyclic) bond motifs is 5. The fraction of sp³-hybridized carbons (Fsp3) is 0.353. The monoisotopic (exact) mass is 622 g/mol. The number of aromatic nitrogens is 1. The molecule has 0 saturated heterocycles. The van der Waals surface area contributed by atoms with E-state index in [1.807, 2.05) is 42.1 Å². The molecule has 1 aliphatic heterocycles. The van der Waals surface area contributed by atoms with E-state index in [1.54, 1.807) is 31.4 Å². The molecule has 2 heterocycles. The van der Waals surface area contributed by atoms with Gasteiger partial charge in [0.1, 0.15) is 11.7 Å². The van der Waals surface area contributed by atoms with Crippen LogP contribution in [0.5, 0.6) is 0 Å². The molecule has 1 aliphatic rings. The van der Waals surface area contributed by atoms with Crippen LogP contribution in [0.2, 0.25) is 0 Å². The first-order valence-corrected chi connectivity index (χ1v) is 16.4. The van der Waals surface area contributed by atoms with Crippen LogP contribution in [0.3, 0.4) is 0 Å². The number of aryl methyl sites for hydroxylation is 1. The Kier molecular flexibility index (Phi) is 9.32. The lowest BCUT2D eigenvalue weighted by atomic mass is 9.75. The molecule has 0 radical (unpaired) electrons. The number of nitrogens with one attached hydrogen (secondary N) is 1. The Balaban J connectivity index is 1.64. The second-order valence-corrected chi connectivity index (χ2v) is 14.2. The van der Waals surface area contributed by atoms with Gasteiger partial charge in [0.15, 0.2) is 17.5 Å². The average Bonchev–Trinajstić information content (AvgIpc) is 3.48. The number of rotatable bonds is 1. The average molecular weight is 623 g/mol. The summed E-state index contributed by atoms with van der Waals surface area (Å²) in [6, 6.07) is 16.3. The molecular weight excluding hydrogens is 586 g/mol. The number of nitrogens with two attached hydrogens (primary N) is 1. The van der Waals surface area contributed by atoms with Crippen LogP contribution in [0, 0.1) is 22.9 Å². The number of amidine groups is 2. The van der Waals surface area contributed by atoms with Gasteiger partial charge in [0.2, 0.25) is 0 Å². The maximum atomic E-state index is 15.6. The van der Waals surface area contributed by atoms with Gasteiger partial charge in [0.05, 0.1) is 16.0 Å². The second kappa shape index (κ2) is 12.8. The fourth-order valence-electron chi connectivity index (χ4n) is 5.69. The van der Waals surface area contributed by atoms with Crippen LogP contribution < -0.4 is 5.73 Å². The molecule has 5 rings (SSSR count). The van der Waals surface area contributed by atoms with E-state index in [9.17, 15) is 0 Å². The van der Waals surface area contributed by atoms with E-state index < -0.39 is 22.9 Å². The molecular formula is C34H37F3N4S2. The number of halogens is 3. The maximum Gasteiger partial charge on any atom is 0.184 e. The lowest BCUT2D eigenvalue weighted by Crippen LogP contribution is -2.40. The summed E-state index contributed by atoms with van der Waals surface area (Å²) in [6.07, 6.45) is 4.84. The third-order valence-electron chi connectivity index (χ3n) is 8.29. The van der Waals surface area contributed by atoms with Gasteiger partial charge in [0.25, 0.3) is 0 Å². The van der Waals surface area contributed by atoms with Gasteiger partial charge >= 0.3 is 0 Å². The van der Waals surface area contributed by atoms with Crippen LogP contribution in [-0.2, 0) is 11.8 Å². The second-order valence-electron chi connectivity index (χ2n) is 12.0. The van der Waals surface area contributed by atoms with Crippen molar-refractivity contribution >= 4 is 46.1 Å². The first-order valence-electron chi connectivity index (χ1n) is 14.4. The van der Waals surface area contributed by atoms with Crippen molar-refractivity contribution in [2.24, 2.45) is 21.1 Å². The smallest absolute Gasteiger partial charge is 0.184 e. The normalized spacial score (nSPS) is 21.2. The van der Waals surface area contributed by atoms with E-state index >= 15 is 13.2 Å². The van der Waals surface area contributed by atoms with Crippen LogP contribution in [-0.4, -0.2) is 35.2 Å². The summed E-state index contributed by atoms with van der Waals surface area (Å²) < 4.78 is 46.1. The number of nitrogens with zero attached hydrogens (tertiary/aromatic N) is 2. The van der Waals surface area contributed by atoms with Gasteiger partial charge in [-0.25, -0.2) is 18.2 Å². The number of hydrogen-bond acceptors (Lipinski definition) is 4. The third-order valence-corrected chi connectivity index (χ3v) is 10.9. The molecule has 0 spiro atoms. The zero-order chi connectivity index (χ0) is 30.8. The zero-order valence-corrected chi connectivity index (χ0v) is 26.6. The van der Waals surface area contributed by atoms with Crippen LogP contribution >= 0.6 is 23.5 Å². The van der Waals surface area contributed by atoms with Crippen molar-refractivity contribution in [3.63, 3.8) is 0 Å². The van der Waals surface area contributed by atoms with E-state index in [-0.39, 0.29) is 27.2 Å². The summed E-state index contributed by atoms with van der Waals surface area (Å²) in [4.78, 5) is 12.6. The molecule has 3 N–H and O–H groups in total. The minimum absolute atomic E-state index is 0.0469. The molecule has 0 unspecified atom stereocenters. The standard InChI is InChI=1S/C34H37F3N4S2/c1-33(2)15-8-16-34(3,21-9-6-5-7-10-21)32(38)41-31(39-4)25-19-22(11-12-26(25)35)43-30-24(14-18-42-20-33)23-13-17-40-29(23)27(36)28(30)37/h5-7,9-13,17,19,40H,8,14-16,18,20H2,1-4H3,(H2,38,39,41)/t34-/m1/s1. The number of aromatic amines is 1. The highest BCUT2D eigenvalue weighted by atomic mass is 32.2. The highest BCUT2D eigenvalue weighted by Gasteiger charge is 2.33. The van der Waals surface area contributed by atoms with Crippen LogP contribution in [0.25, 0.3) is 10.9 Å². The van der Waals surface area contributed by atoms with E-state index in [0.29, 0.717) is 22.5 Å². The van der Waals surface area contributed by atoms with Gasteiger partial charge in [-0.15, -0.1) is 0 Å². The van der Waals surface area contributed by atoms with Gasteiger partial charge in [-0.2, -0.15) is 11.8 Å². The van der Waals surface area contributed by atoms with Gasteiger partial charge in [-0.05, 0) is 78.5 Å². The van der Waals surface area contributed by atoms with E-state index in [2.05, 4.69) is 30.7 Å². The van der Waals surface area contributed by atoms with Gasteiger partial charge in [0, 0.05) is 28.9 Å². The van der Waals surface area contributed by atoms with Crippen molar-refractivity contribution in [2.75, 3.05) is 18.6 Å². The van der Waals surface area contributed by atoms with Crippen molar-refractivity contribution < 1.29 is 13.2 Å². The first kappa shape index (κ1) is 31.3. The molecule has 0 amide bonds. The Labute approximate surface area is 259 Å². The van der Waals surface area contributed by atoms with Crippen molar-refractivity contribution in [3.8, 4) is 0 Å². The molecule has 3 aromatic carbocycles. The molecule has 4 aromatic rings. The highest BCUT2D eigenvalue weighted by molar-refractivity contribution is 7.99. The van der Waals surface area contributed by atoms with Crippen molar-refractivity contribution in [2.45, 2.75) is 61.7 Å². The van der Waals surface area contributed by atoms with E-state index in [4.69, 9.17) is 10.7 Å². The Hall–Kier alpha value is -3.17. The molecule has 2 bridgehead atoms. The minimum Gasteiger partial charge on any atom is -0.386 e. The summed E-state index contributed by atoms with van der Waals surface area (Å²) in [7, 11) is 1.55. The lowest BCUT2D eigenvalue weighted by Gasteiger charge is -2.32. The van der Waals surface area contributed by atoms with Gasteiger partial charge < -0.3 is 10.7 Å². The molecule has 1 atom stereocenters. The largest absolute Gasteiger partial charge is 0.386 e. The van der Waals surface area contributed by atoms with Crippen LogP contribution in [0.1, 0.15) is 56.7 Å².